The number of hydrogen-bond acceptors (Lipinski definition) is 4. The Morgan fingerprint density at radius 3 is 2.49 bits per heavy atom. The van der Waals surface area contributed by atoms with Gasteiger partial charge in [0.15, 0.2) is 0 Å². The normalized spacial score (nSPS) is 22.8. The quantitative estimate of drug-likeness (QED) is 0.474. The number of amides is 2. The molecule has 4 atom stereocenters. The summed E-state index contributed by atoms with van der Waals surface area (Å²) in [6, 6.07) is 21.3. The Morgan fingerprint density at radius 1 is 1.05 bits per heavy atom. The SMILES string of the molecule is COc1ccc(C2C(C(=O)NCc3ccc4c(c3)C(C)C(C)O4)CCC(=O)N2c2ccc(C)cc2)cc1. The molecule has 4 unspecified atom stereocenters. The lowest BCUT2D eigenvalue weighted by Crippen LogP contribution is -2.48. The van der Waals surface area contributed by atoms with Crippen LogP contribution in [0.25, 0.3) is 0 Å². The highest BCUT2D eigenvalue weighted by molar-refractivity contribution is 5.97. The predicted molar refractivity (Wildman–Crippen MR) is 144 cm³/mol. The molecule has 1 fully saturated rings. The molecule has 2 aliphatic rings. The van der Waals surface area contributed by atoms with E-state index in [0.717, 1.165) is 33.9 Å². The van der Waals surface area contributed by atoms with E-state index >= 15 is 0 Å². The van der Waals surface area contributed by atoms with Gasteiger partial charge in [-0.05, 0) is 67.8 Å². The van der Waals surface area contributed by atoms with Crippen LogP contribution in [0.2, 0.25) is 0 Å². The summed E-state index contributed by atoms with van der Waals surface area (Å²) in [5, 5.41) is 3.16. The Kier molecular flexibility index (Phi) is 6.92. The highest BCUT2D eigenvalue weighted by Gasteiger charge is 2.41. The number of rotatable bonds is 6. The van der Waals surface area contributed by atoms with Crippen molar-refractivity contribution in [1.29, 1.82) is 0 Å². The summed E-state index contributed by atoms with van der Waals surface area (Å²) >= 11 is 0. The average molecular weight is 499 g/mol. The zero-order valence-electron chi connectivity index (χ0n) is 21.9. The van der Waals surface area contributed by atoms with Gasteiger partial charge in [-0.1, -0.05) is 42.8 Å². The Balaban J connectivity index is 1.42. The molecule has 3 aromatic carbocycles. The largest absolute Gasteiger partial charge is 0.497 e. The smallest absolute Gasteiger partial charge is 0.227 e. The molecule has 1 N–H and O–H groups in total. The van der Waals surface area contributed by atoms with Crippen molar-refractivity contribution in [3.8, 4) is 11.5 Å². The molecule has 0 bridgehead atoms. The molecule has 2 aliphatic heterocycles. The second-order valence-corrected chi connectivity index (χ2v) is 10.2. The molecule has 2 heterocycles. The lowest BCUT2D eigenvalue weighted by atomic mass is 9.83. The van der Waals surface area contributed by atoms with Gasteiger partial charge in [-0.15, -0.1) is 0 Å². The van der Waals surface area contributed by atoms with Gasteiger partial charge in [0.05, 0.1) is 19.1 Å². The van der Waals surface area contributed by atoms with Gasteiger partial charge in [0.25, 0.3) is 0 Å². The van der Waals surface area contributed by atoms with E-state index in [-0.39, 0.29) is 23.8 Å². The molecule has 0 spiro atoms. The van der Waals surface area contributed by atoms with E-state index in [9.17, 15) is 9.59 Å². The van der Waals surface area contributed by atoms with Crippen LogP contribution >= 0.6 is 0 Å². The van der Waals surface area contributed by atoms with Crippen LogP contribution in [0.3, 0.4) is 0 Å². The van der Waals surface area contributed by atoms with Crippen molar-refractivity contribution in [1.82, 2.24) is 5.32 Å². The monoisotopic (exact) mass is 498 g/mol. The van der Waals surface area contributed by atoms with Crippen molar-refractivity contribution >= 4 is 17.5 Å². The number of ether oxygens (including phenoxy) is 2. The van der Waals surface area contributed by atoms with Gasteiger partial charge in [0.2, 0.25) is 11.8 Å². The highest BCUT2D eigenvalue weighted by Crippen LogP contribution is 2.41. The molecule has 0 radical (unpaired) electrons. The molecule has 6 nitrogen and oxygen atoms in total. The average Bonchev–Trinajstić information content (AvgIpc) is 3.20. The number of piperidine rings is 1. The molecule has 3 aromatic rings. The number of hydrogen-bond donors (Lipinski definition) is 1. The van der Waals surface area contributed by atoms with Crippen molar-refractivity contribution < 1.29 is 19.1 Å². The number of nitrogens with zero attached hydrogens (tertiary/aromatic N) is 1. The molecular weight excluding hydrogens is 464 g/mol. The maximum atomic E-state index is 13.7. The fourth-order valence-electron chi connectivity index (χ4n) is 5.41. The van der Waals surface area contributed by atoms with E-state index in [2.05, 4.69) is 25.2 Å². The fraction of sp³-hybridized carbons (Fsp3) is 0.355. The molecule has 192 valence electrons. The first-order valence-electron chi connectivity index (χ1n) is 13.0. The van der Waals surface area contributed by atoms with Gasteiger partial charge >= 0.3 is 0 Å². The summed E-state index contributed by atoms with van der Waals surface area (Å²) in [4.78, 5) is 28.7. The summed E-state index contributed by atoms with van der Waals surface area (Å²) in [6.07, 6.45) is 0.971. The molecule has 2 amide bonds. The minimum Gasteiger partial charge on any atom is -0.497 e. The summed E-state index contributed by atoms with van der Waals surface area (Å²) in [7, 11) is 1.63. The Labute approximate surface area is 218 Å². The van der Waals surface area contributed by atoms with E-state index in [1.54, 1.807) is 12.0 Å². The number of benzene rings is 3. The standard InChI is InChI=1S/C31H34N2O4/c1-19-5-10-24(11-6-19)33-29(34)16-14-26(30(33)23-8-12-25(36-4)13-9-23)31(35)32-18-22-7-15-28-27(17-22)20(2)21(3)37-28/h5-13,15,17,20-21,26,30H,14,16,18H2,1-4H3,(H,32,35). The van der Waals surface area contributed by atoms with Gasteiger partial charge in [-0.25, -0.2) is 0 Å². The lowest BCUT2D eigenvalue weighted by molar-refractivity contribution is -0.129. The van der Waals surface area contributed by atoms with Crippen LogP contribution in [0.4, 0.5) is 5.69 Å². The molecule has 1 saturated heterocycles. The number of anilines is 1. The molecule has 0 aliphatic carbocycles. The minimum absolute atomic E-state index is 0.0236. The number of nitrogens with one attached hydrogen (secondary N) is 1. The number of aryl methyl sites for hydroxylation is 1. The third kappa shape index (κ3) is 4.93. The van der Waals surface area contributed by atoms with Gasteiger partial charge in [0, 0.05) is 30.1 Å². The highest BCUT2D eigenvalue weighted by atomic mass is 16.5. The van der Waals surface area contributed by atoms with Crippen molar-refractivity contribution in [3.63, 3.8) is 0 Å². The maximum Gasteiger partial charge on any atom is 0.227 e. The third-order valence-electron chi connectivity index (χ3n) is 7.75. The second kappa shape index (κ2) is 10.3. The molecule has 0 aromatic heterocycles. The van der Waals surface area contributed by atoms with E-state index in [1.165, 1.54) is 5.56 Å². The molecule has 0 saturated carbocycles. The molecule has 5 rings (SSSR count). The van der Waals surface area contributed by atoms with Crippen LogP contribution in [0.5, 0.6) is 11.5 Å². The Bertz CT molecular complexity index is 1290. The van der Waals surface area contributed by atoms with E-state index < -0.39 is 6.04 Å². The van der Waals surface area contributed by atoms with E-state index in [0.29, 0.717) is 25.3 Å². The summed E-state index contributed by atoms with van der Waals surface area (Å²) in [5.41, 5.74) is 5.05. The van der Waals surface area contributed by atoms with E-state index in [4.69, 9.17) is 9.47 Å². The number of carbonyl (C=O) groups excluding carboxylic acids is 2. The first-order chi connectivity index (χ1) is 17.9. The van der Waals surface area contributed by atoms with Gasteiger partial charge < -0.3 is 19.7 Å². The van der Waals surface area contributed by atoms with Crippen LogP contribution in [0.15, 0.2) is 66.7 Å². The van der Waals surface area contributed by atoms with Crippen molar-refractivity contribution in [2.45, 2.75) is 58.2 Å². The zero-order valence-corrected chi connectivity index (χ0v) is 21.9. The molecule has 6 heteroatoms. The predicted octanol–water partition coefficient (Wildman–Crippen LogP) is 5.69. The minimum atomic E-state index is -0.413. The third-order valence-corrected chi connectivity index (χ3v) is 7.75. The number of fused-ring (bicyclic) bond motifs is 1. The molecule has 37 heavy (non-hydrogen) atoms. The summed E-state index contributed by atoms with van der Waals surface area (Å²) < 4.78 is 11.3. The second-order valence-electron chi connectivity index (χ2n) is 10.2. The van der Waals surface area contributed by atoms with Crippen molar-refractivity contribution in [2.75, 3.05) is 12.0 Å². The van der Waals surface area contributed by atoms with Crippen LogP contribution < -0.4 is 19.7 Å². The van der Waals surface area contributed by atoms with Crippen LogP contribution in [0.1, 0.15) is 60.9 Å². The zero-order chi connectivity index (χ0) is 26.1. The Hall–Kier alpha value is -3.80. The van der Waals surface area contributed by atoms with Crippen LogP contribution in [0, 0.1) is 12.8 Å². The van der Waals surface area contributed by atoms with E-state index in [1.807, 2.05) is 67.6 Å². The number of methoxy groups -OCH3 is 1. The fourth-order valence-corrected chi connectivity index (χ4v) is 5.41. The Morgan fingerprint density at radius 2 is 1.78 bits per heavy atom. The van der Waals surface area contributed by atoms with Gasteiger partial charge in [0.1, 0.15) is 17.6 Å². The number of carbonyl (C=O) groups is 2. The van der Waals surface area contributed by atoms with Crippen molar-refractivity contribution in [3.05, 3.63) is 89.0 Å². The van der Waals surface area contributed by atoms with Crippen LogP contribution in [-0.2, 0) is 16.1 Å². The van der Waals surface area contributed by atoms with Crippen molar-refractivity contribution in [2.24, 2.45) is 5.92 Å². The maximum absolute atomic E-state index is 13.7. The lowest BCUT2D eigenvalue weighted by Gasteiger charge is -2.41. The van der Waals surface area contributed by atoms with Crippen LogP contribution in [-0.4, -0.2) is 25.0 Å². The van der Waals surface area contributed by atoms with Gasteiger partial charge in [-0.3, -0.25) is 9.59 Å². The summed E-state index contributed by atoms with van der Waals surface area (Å²) in [5.74, 6) is 1.56. The van der Waals surface area contributed by atoms with Gasteiger partial charge in [-0.2, -0.15) is 0 Å². The molecular formula is C31H34N2O4. The first kappa shape index (κ1) is 24.9. The first-order valence-corrected chi connectivity index (χ1v) is 13.0. The topological polar surface area (TPSA) is 67.9 Å². The summed E-state index contributed by atoms with van der Waals surface area (Å²) in [6.45, 7) is 6.69.